The molecule has 5 aromatic rings. The van der Waals surface area contributed by atoms with Gasteiger partial charge in [0.25, 0.3) is 18.1 Å². The Kier molecular flexibility index (Phi) is 19.3. The number of nitrogens with zero attached hydrogens (tertiary/aromatic N) is 7. The van der Waals surface area contributed by atoms with Gasteiger partial charge in [0.15, 0.2) is 0 Å². The summed E-state index contributed by atoms with van der Waals surface area (Å²) in [6.07, 6.45) is 4.33. The molecule has 0 unspecified atom stereocenters. The van der Waals surface area contributed by atoms with Crippen molar-refractivity contribution in [3.8, 4) is 6.07 Å². The van der Waals surface area contributed by atoms with E-state index in [4.69, 9.17) is 11.0 Å². The summed E-state index contributed by atoms with van der Waals surface area (Å²) in [5.74, 6) is -0.388. The average Bonchev–Trinajstić information content (AvgIpc) is 4.31. The first-order valence-electron chi connectivity index (χ1n) is 22.6. The maximum Gasteiger partial charge on any atom is 0.416 e. The number of hydrogen-bond acceptors (Lipinski definition) is 10. The van der Waals surface area contributed by atoms with Crippen molar-refractivity contribution in [3.05, 3.63) is 150 Å². The number of alkyl halides is 6. The predicted octanol–water partition coefficient (Wildman–Crippen LogP) is 7.37. The Bertz CT molecular complexity index is 3110. The van der Waals surface area contributed by atoms with Gasteiger partial charge < -0.3 is 16.4 Å². The zero-order valence-corrected chi connectivity index (χ0v) is 41.1. The first-order valence-corrected chi connectivity index (χ1v) is 25.5. The Hall–Kier alpha value is -7.14. The van der Waals surface area contributed by atoms with E-state index in [9.17, 15) is 52.8 Å². The summed E-state index contributed by atoms with van der Waals surface area (Å²) in [6.45, 7) is 2.24. The maximum absolute atomic E-state index is 12.9. The first kappa shape index (κ1) is 57.8. The van der Waals surface area contributed by atoms with Crippen LogP contribution in [0.5, 0.6) is 0 Å². The number of nitrogens with one attached hydrogen (secondary N) is 3. The van der Waals surface area contributed by atoms with Gasteiger partial charge in [-0.1, -0.05) is 43.8 Å². The van der Waals surface area contributed by atoms with Crippen LogP contribution < -0.4 is 25.7 Å². The molecule has 0 saturated heterocycles. The largest absolute Gasteiger partial charge is 0.416 e. The zero-order valence-electron chi connectivity index (χ0n) is 39.4. The van der Waals surface area contributed by atoms with Crippen LogP contribution in [-0.2, 0) is 39.8 Å². The van der Waals surface area contributed by atoms with Gasteiger partial charge >= 0.3 is 32.8 Å². The third-order valence-corrected chi connectivity index (χ3v) is 14.4. The van der Waals surface area contributed by atoms with Gasteiger partial charge in [0.2, 0.25) is 0 Å². The molecule has 9 rings (SSSR count). The van der Waals surface area contributed by atoms with Gasteiger partial charge in [-0.3, -0.25) is 14.3 Å². The lowest BCUT2D eigenvalue weighted by Gasteiger charge is -2.26. The van der Waals surface area contributed by atoms with Crippen molar-refractivity contribution in [2.75, 3.05) is 36.6 Å². The third-order valence-electron chi connectivity index (χ3n) is 11.1. The van der Waals surface area contributed by atoms with Crippen molar-refractivity contribution in [3.63, 3.8) is 0 Å². The molecule has 0 bridgehead atoms. The number of nitrogens with two attached hydrogens (primary N) is 1. The third kappa shape index (κ3) is 16.4. The SMILES string of the molecule is C.CC#N.C[n+]1ccn(S(=O)(=O)N2CC=C(c3cccc(C(=O)NC4CC4)n3)CC2)c1.Nc1cccc(C(F)(F)F)c1.O=C(NC1CC1)c1cccc(C2=CCN(S(=O)(=O)Nc3cccc(C(F)(F)F)c3)CC2)n1. The van der Waals surface area contributed by atoms with E-state index in [-0.39, 0.29) is 62.3 Å². The molecule has 2 aliphatic heterocycles. The number of carbonyl (C=O) groups excluding carboxylic acids is 2. The summed E-state index contributed by atoms with van der Waals surface area (Å²) in [7, 11) is -5.84. The number of aromatic nitrogens is 4. The number of imidazole rings is 1. The molecule has 2 saturated carbocycles. The molecule has 3 aromatic heterocycles. The molecule has 2 aromatic carbocycles. The highest BCUT2D eigenvalue weighted by Crippen LogP contribution is 2.32. The van der Waals surface area contributed by atoms with E-state index < -0.39 is 43.9 Å². The van der Waals surface area contributed by atoms with E-state index in [0.717, 1.165) is 77.2 Å². The number of nitrogen functional groups attached to an aromatic ring is 1. The van der Waals surface area contributed by atoms with Crippen LogP contribution >= 0.6 is 0 Å². The van der Waals surface area contributed by atoms with Gasteiger partial charge in [0, 0.05) is 50.9 Å². The fourth-order valence-corrected chi connectivity index (χ4v) is 9.52. The van der Waals surface area contributed by atoms with E-state index in [1.165, 1.54) is 45.9 Å². The molecule has 0 atom stereocenters. The molecule has 5 heterocycles. The number of carbonyl (C=O) groups is 2. The van der Waals surface area contributed by atoms with Crippen molar-refractivity contribution >= 4 is 54.8 Å². The second-order valence-corrected chi connectivity index (χ2v) is 20.4. The topological polar surface area (TPSA) is 229 Å². The molecule has 2 aliphatic carbocycles. The highest BCUT2D eigenvalue weighted by molar-refractivity contribution is 7.90. The molecule has 396 valence electrons. The summed E-state index contributed by atoms with van der Waals surface area (Å²) < 4.78 is 133. The molecule has 74 heavy (non-hydrogen) atoms. The molecule has 17 nitrogen and oxygen atoms in total. The number of aryl methyl sites for hydroxylation is 1. The first-order chi connectivity index (χ1) is 34.5. The second-order valence-electron chi connectivity index (χ2n) is 16.9. The fourth-order valence-electron chi connectivity index (χ4n) is 7.03. The Morgan fingerprint density at radius 2 is 1.19 bits per heavy atom. The van der Waals surface area contributed by atoms with E-state index in [0.29, 0.717) is 36.5 Å². The van der Waals surface area contributed by atoms with Crippen LogP contribution in [0.1, 0.15) is 96.4 Å². The lowest BCUT2D eigenvalue weighted by molar-refractivity contribution is -0.670. The normalized spacial score (nSPS) is 16.0. The van der Waals surface area contributed by atoms with Gasteiger partial charge in [0.1, 0.15) is 23.8 Å². The van der Waals surface area contributed by atoms with Crippen LogP contribution in [0.2, 0.25) is 0 Å². The minimum atomic E-state index is -4.57. The quantitative estimate of drug-likeness (QED) is 0.0583. The zero-order chi connectivity index (χ0) is 53.1. The molecular formula is C49H56F6N11O6S2+. The Labute approximate surface area is 425 Å². The van der Waals surface area contributed by atoms with E-state index in [1.807, 2.05) is 18.2 Å². The molecule has 0 radical (unpaired) electrons. The van der Waals surface area contributed by atoms with Crippen LogP contribution in [0.25, 0.3) is 11.1 Å². The number of pyridine rings is 2. The summed E-state index contributed by atoms with van der Waals surface area (Å²) in [6, 6.07) is 21.3. The standard InChI is InChI=1S/C21H21F3N4O3S.C18H21N5O3S.C7H6F3N.C2H3N.CH4/c22-21(23,24)15-3-1-4-17(13-15)27-32(30,31)28-11-9-14(10-12-28)18-5-2-6-19(26-18)20(29)25-16-7-8-16;1-21-11-12-23(13-21)27(25,26)22-9-7-14(8-10-22)16-3-2-4-17(20-16)18(24)19-15-5-6-15;8-7(9,10)5-2-1-3-6(11)4-5;1-2-3;/h1-6,9,13,16,27H,7-8,10-12H2,(H,25,29);2-4,7,11-13,15H,5-6,8-10H2,1H3;1-4H,11H2;1H3;1H4/p+1. The Morgan fingerprint density at radius 1 is 0.730 bits per heavy atom. The summed E-state index contributed by atoms with van der Waals surface area (Å²) in [5.41, 5.74) is 7.25. The van der Waals surface area contributed by atoms with Crippen molar-refractivity contribution < 1.29 is 57.3 Å². The van der Waals surface area contributed by atoms with Crippen LogP contribution in [-0.4, -0.2) is 89.5 Å². The smallest absolute Gasteiger partial charge is 0.399 e. The second kappa shape index (κ2) is 24.7. The molecule has 0 spiro atoms. The fraction of sp³-hybridized carbons (Fsp3) is 0.347. The molecule has 2 fully saturated rings. The van der Waals surface area contributed by atoms with Gasteiger partial charge in [-0.15, -0.1) is 3.97 Å². The summed E-state index contributed by atoms with van der Waals surface area (Å²) in [5, 5.41) is 13.1. The number of rotatable bonds is 11. The average molecular weight is 1070 g/mol. The highest BCUT2D eigenvalue weighted by Gasteiger charge is 2.34. The van der Waals surface area contributed by atoms with Crippen molar-refractivity contribution in [1.29, 1.82) is 5.26 Å². The summed E-state index contributed by atoms with van der Waals surface area (Å²) >= 11 is 0. The predicted molar refractivity (Wildman–Crippen MR) is 266 cm³/mol. The van der Waals surface area contributed by atoms with Crippen LogP contribution in [0, 0.1) is 11.3 Å². The number of benzene rings is 2. The number of nitriles is 1. The van der Waals surface area contributed by atoms with Crippen molar-refractivity contribution in [1.82, 2.24) is 33.2 Å². The van der Waals surface area contributed by atoms with E-state index in [2.05, 4.69) is 25.3 Å². The Morgan fingerprint density at radius 3 is 1.59 bits per heavy atom. The number of amides is 2. The minimum Gasteiger partial charge on any atom is -0.399 e. The molecular weight excluding hydrogens is 1020 g/mol. The monoisotopic (exact) mass is 1070 g/mol. The van der Waals surface area contributed by atoms with Crippen molar-refractivity contribution in [2.45, 2.75) is 77.3 Å². The van der Waals surface area contributed by atoms with Gasteiger partial charge in [0.05, 0.1) is 41.3 Å². The lowest BCUT2D eigenvalue weighted by Crippen LogP contribution is -2.38. The lowest BCUT2D eigenvalue weighted by atomic mass is 10.1. The van der Waals surface area contributed by atoms with Crippen LogP contribution in [0.4, 0.5) is 37.7 Å². The Balaban J connectivity index is 0.000000218. The van der Waals surface area contributed by atoms with Gasteiger partial charge in [-0.05, 0) is 110 Å². The maximum atomic E-state index is 12.9. The van der Waals surface area contributed by atoms with Gasteiger partial charge in [-0.2, -0.15) is 57.1 Å². The number of halogens is 6. The molecule has 25 heteroatoms. The van der Waals surface area contributed by atoms with E-state index in [1.54, 1.807) is 54.2 Å². The summed E-state index contributed by atoms with van der Waals surface area (Å²) in [4.78, 5) is 33.3. The highest BCUT2D eigenvalue weighted by atomic mass is 32.2. The van der Waals surface area contributed by atoms with E-state index >= 15 is 0 Å². The van der Waals surface area contributed by atoms with Crippen LogP contribution in [0.3, 0.4) is 0 Å². The molecule has 5 N–H and O–H groups in total. The number of hydrogen-bond donors (Lipinski definition) is 4. The minimum absolute atomic E-state index is 0. The van der Waals surface area contributed by atoms with Crippen molar-refractivity contribution in [2.24, 2.45) is 7.05 Å². The number of anilines is 2. The molecule has 2 amide bonds. The van der Waals surface area contributed by atoms with Gasteiger partial charge in [-0.25, -0.2) is 14.5 Å². The van der Waals surface area contributed by atoms with Crippen LogP contribution in [0.15, 0.2) is 116 Å². The molecule has 4 aliphatic rings.